The van der Waals surface area contributed by atoms with E-state index in [-0.39, 0.29) is 0 Å². The zero-order chi connectivity index (χ0) is 9.75. The molecule has 0 saturated carbocycles. The van der Waals surface area contributed by atoms with Crippen molar-refractivity contribution in [2.45, 2.75) is 20.8 Å². The Kier molecular flexibility index (Phi) is 1.34. The van der Waals surface area contributed by atoms with Crippen molar-refractivity contribution in [1.29, 1.82) is 0 Å². The summed E-state index contributed by atoms with van der Waals surface area (Å²) in [4.78, 5) is 14.5. The second-order valence-electron chi connectivity index (χ2n) is 3.10. The minimum Gasteiger partial charge on any atom is -0.805 e. The highest BCUT2D eigenvalue weighted by Crippen LogP contribution is 2.11. The molecule has 2 rings (SSSR count). The molecule has 68 valence electrons. The number of amides is 1. The van der Waals surface area contributed by atoms with Gasteiger partial charge < -0.3 is 5.11 Å². The number of carbonyl (C=O) groups is 1. The van der Waals surface area contributed by atoms with Crippen LogP contribution in [0.15, 0.2) is 4.99 Å². The van der Waals surface area contributed by atoms with Crippen molar-refractivity contribution in [3.63, 3.8) is 0 Å². The number of carbonyl (C=O) groups excluding carboxylic acids is 1. The molecule has 0 N–H and O–H groups in total. The van der Waals surface area contributed by atoms with Crippen LogP contribution in [-0.2, 0) is 0 Å². The lowest BCUT2D eigenvalue weighted by Gasteiger charge is -1.97. The fraction of sp³-hybridized carbons (Fsp3) is 0.375. The maximum Gasteiger partial charge on any atom is 0.492 e. The van der Waals surface area contributed by atoms with E-state index in [9.17, 15) is 9.90 Å². The molecule has 1 amide bonds. The van der Waals surface area contributed by atoms with Gasteiger partial charge in [-0.25, -0.2) is 4.79 Å². The molecule has 1 aliphatic heterocycles. The van der Waals surface area contributed by atoms with Gasteiger partial charge in [-0.3, -0.25) is 0 Å². The van der Waals surface area contributed by atoms with Crippen molar-refractivity contribution in [2.75, 3.05) is 0 Å². The van der Waals surface area contributed by atoms with E-state index in [0.717, 1.165) is 17.0 Å². The third-order valence-corrected chi connectivity index (χ3v) is 2.47. The first-order chi connectivity index (χ1) is 6.04. The maximum absolute atomic E-state index is 11.2. The van der Waals surface area contributed by atoms with Crippen LogP contribution in [0.25, 0.3) is 0 Å². The molecule has 0 atom stereocenters. The van der Waals surface area contributed by atoms with E-state index in [1.807, 2.05) is 6.92 Å². The van der Waals surface area contributed by atoms with Gasteiger partial charge in [0.05, 0.1) is 5.69 Å². The molecular weight excluding hydrogens is 170 g/mol. The van der Waals surface area contributed by atoms with E-state index < -0.39 is 12.1 Å². The number of hydrogen-bond acceptors (Lipinski definition) is 2. The number of rotatable bonds is 0. The molecule has 13 heavy (non-hydrogen) atoms. The molecule has 5 heteroatoms. The lowest BCUT2D eigenvalue weighted by molar-refractivity contribution is -0.681. The van der Waals surface area contributed by atoms with E-state index in [0.29, 0.717) is 0 Å². The second kappa shape index (κ2) is 2.18. The lowest BCUT2D eigenvalue weighted by atomic mass is 10.2. The van der Waals surface area contributed by atoms with Gasteiger partial charge in [0.25, 0.3) is 0 Å². The van der Waals surface area contributed by atoms with Crippen molar-refractivity contribution < 1.29 is 14.6 Å². The van der Waals surface area contributed by atoms with Crippen LogP contribution in [0, 0.1) is 20.8 Å². The minimum atomic E-state index is -0.501. The highest BCUT2D eigenvalue weighted by atomic mass is 16.3. The Morgan fingerprint density at radius 3 is 2.54 bits per heavy atom. The molecule has 2 heterocycles. The molecule has 0 unspecified atom stereocenters. The molecule has 1 aliphatic rings. The Labute approximate surface area is 74.9 Å². The fourth-order valence-corrected chi connectivity index (χ4v) is 1.51. The van der Waals surface area contributed by atoms with Crippen LogP contribution in [-0.4, -0.2) is 16.7 Å². The Balaban J connectivity index is 2.84. The topological polar surface area (TPSA) is 61.3 Å². The first kappa shape index (κ1) is 7.97. The average molecular weight is 179 g/mol. The third kappa shape index (κ3) is 0.783. The minimum absolute atomic E-state index is 0.501. The summed E-state index contributed by atoms with van der Waals surface area (Å²) in [6, 6.07) is -1.00. The van der Waals surface area contributed by atoms with Gasteiger partial charge in [-0.15, -0.1) is 9.36 Å². The lowest BCUT2D eigenvalue weighted by Crippen LogP contribution is -2.55. The summed E-state index contributed by atoms with van der Waals surface area (Å²) in [5, 5.41) is 11.2. The largest absolute Gasteiger partial charge is 0.805 e. The van der Waals surface area contributed by atoms with Crippen LogP contribution in [0.3, 0.4) is 0 Å². The summed E-state index contributed by atoms with van der Waals surface area (Å²) in [6.07, 6.45) is 0. The fourth-order valence-electron chi connectivity index (χ4n) is 1.51. The SMILES string of the molecule is Cc1c(C)n2[n+](c1C)C([O-])=NC2=O. The van der Waals surface area contributed by atoms with Gasteiger partial charge in [-0.1, -0.05) is 0 Å². The quantitative estimate of drug-likeness (QED) is 0.492. The average Bonchev–Trinajstić information content (AvgIpc) is 2.47. The Morgan fingerprint density at radius 1 is 1.38 bits per heavy atom. The summed E-state index contributed by atoms with van der Waals surface area (Å²) >= 11 is 0. The van der Waals surface area contributed by atoms with Gasteiger partial charge in [0.15, 0.2) is 0 Å². The highest BCUT2D eigenvalue weighted by Gasteiger charge is 2.32. The molecule has 0 aliphatic carbocycles. The molecule has 0 bridgehead atoms. The molecule has 1 aromatic heterocycles. The molecule has 1 aromatic rings. The van der Waals surface area contributed by atoms with E-state index in [2.05, 4.69) is 4.99 Å². The number of fused-ring (bicyclic) bond motifs is 1. The standard InChI is InChI=1S/C8H9N3O2/c1-4-5(2)10-7(12)9-8(13)11(10)6(4)3/h1-3H3. The third-order valence-electron chi connectivity index (χ3n) is 2.47. The highest BCUT2D eigenvalue weighted by molar-refractivity contribution is 5.89. The molecule has 5 nitrogen and oxygen atoms in total. The first-order valence-corrected chi connectivity index (χ1v) is 3.95. The first-order valence-electron chi connectivity index (χ1n) is 3.95. The smallest absolute Gasteiger partial charge is 0.492 e. The molecular formula is C8H9N3O2. The number of aromatic nitrogens is 2. The van der Waals surface area contributed by atoms with Gasteiger partial charge in [-0.2, -0.15) is 0 Å². The summed E-state index contributed by atoms with van der Waals surface area (Å²) < 4.78 is 2.60. The predicted octanol–water partition coefficient (Wildman–Crippen LogP) is -0.753. The van der Waals surface area contributed by atoms with Crippen LogP contribution < -0.4 is 9.79 Å². The zero-order valence-electron chi connectivity index (χ0n) is 7.66. The van der Waals surface area contributed by atoms with Gasteiger partial charge in [0.2, 0.25) is 0 Å². The monoisotopic (exact) mass is 179 g/mol. The number of hydrogen-bond donors (Lipinski definition) is 0. The van der Waals surface area contributed by atoms with E-state index >= 15 is 0 Å². The van der Waals surface area contributed by atoms with E-state index in [4.69, 9.17) is 0 Å². The Hall–Kier alpha value is -1.65. The molecule has 0 saturated heterocycles. The van der Waals surface area contributed by atoms with Gasteiger partial charge >= 0.3 is 12.1 Å². The summed E-state index contributed by atoms with van der Waals surface area (Å²) in [5.41, 5.74) is 2.51. The molecule has 0 spiro atoms. The summed E-state index contributed by atoms with van der Waals surface area (Å²) in [6.45, 7) is 5.47. The summed E-state index contributed by atoms with van der Waals surface area (Å²) in [7, 11) is 0. The number of aliphatic imine (C=N–C) groups is 1. The normalized spacial score (nSPS) is 14.7. The second-order valence-corrected chi connectivity index (χ2v) is 3.10. The van der Waals surface area contributed by atoms with Gasteiger partial charge in [0, 0.05) is 17.5 Å². The van der Waals surface area contributed by atoms with E-state index in [1.54, 1.807) is 13.8 Å². The predicted molar refractivity (Wildman–Crippen MR) is 42.5 cm³/mol. The van der Waals surface area contributed by atoms with Crippen LogP contribution in [0.5, 0.6) is 0 Å². The van der Waals surface area contributed by atoms with Crippen molar-refractivity contribution in [1.82, 2.24) is 4.68 Å². The molecule has 0 radical (unpaired) electrons. The van der Waals surface area contributed by atoms with Gasteiger partial charge in [0.1, 0.15) is 5.69 Å². The number of nitrogens with zero attached hydrogens (tertiary/aromatic N) is 3. The molecule has 0 fully saturated rings. The van der Waals surface area contributed by atoms with Crippen molar-refractivity contribution in [3.8, 4) is 0 Å². The van der Waals surface area contributed by atoms with Gasteiger partial charge in [-0.05, 0) is 13.8 Å². The van der Waals surface area contributed by atoms with Crippen LogP contribution >= 0.6 is 0 Å². The zero-order valence-corrected chi connectivity index (χ0v) is 7.66. The van der Waals surface area contributed by atoms with Crippen molar-refractivity contribution in [2.24, 2.45) is 4.99 Å². The maximum atomic E-state index is 11.2. The van der Waals surface area contributed by atoms with Crippen molar-refractivity contribution in [3.05, 3.63) is 17.0 Å². The van der Waals surface area contributed by atoms with Crippen LogP contribution in [0.4, 0.5) is 4.79 Å². The molecule has 0 aromatic carbocycles. The van der Waals surface area contributed by atoms with Crippen LogP contribution in [0.1, 0.15) is 17.0 Å². The van der Waals surface area contributed by atoms with Crippen molar-refractivity contribution >= 4 is 12.1 Å². The Morgan fingerprint density at radius 2 is 2.00 bits per heavy atom. The van der Waals surface area contributed by atoms with E-state index in [1.165, 1.54) is 9.36 Å². The van der Waals surface area contributed by atoms with Crippen LogP contribution in [0.2, 0.25) is 0 Å². The Bertz CT molecular complexity index is 443. The summed E-state index contributed by atoms with van der Waals surface area (Å²) in [5.74, 6) is 0.